The van der Waals surface area contributed by atoms with E-state index in [0.29, 0.717) is 12.6 Å². The normalized spacial score (nSPS) is 16.0. The number of non-ortho nitro benzene ring substituents is 1. The maximum absolute atomic E-state index is 12.6. The van der Waals surface area contributed by atoms with Crippen molar-refractivity contribution in [1.82, 2.24) is 15.5 Å². The molecule has 0 aromatic heterocycles. The first kappa shape index (κ1) is 22.1. The maximum Gasteiger partial charge on any atom is 0.270 e. The molecule has 2 N–H and O–H groups in total. The van der Waals surface area contributed by atoms with Gasteiger partial charge in [-0.05, 0) is 38.8 Å². The van der Waals surface area contributed by atoms with E-state index in [1.165, 1.54) is 25.0 Å². The van der Waals surface area contributed by atoms with Gasteiger partial charge < -0.3 is 10.6 Å². The minimum absolute atomic E-state index is 0.0331. The average Bonchev–Trinajstić information content (AvgIpc) is 3.47. The second-order valence-corrected chi connectivity index (χ2v) is 8.01. The Hall–Kier alpha value is -2.19. The van der Waals surface area contributed by atoms with Gasteiger partial charge in [0.05, 0.1) is 15.5 Å². The van der Waals surface area contributed by atoms with Gasteiger partial charge in [-0.25, -0.2) is 0 Å². The van der Waals surface area contributed by atoms with Crippen LogP contribution in [0.2, 0.25) is 5.02 Å². The Morgan fingerprint density at radius 2 is 1.96 bits per heavy atom. The first-order valence-electron chi connectivity index (χ1n) is 9.36. The van der Waals surface area contributed by atoms with E-state index < -0.39 is 16.9 Å². The van der Waals surface area contributed by atoms with Crippen molar-refractivity contribution >= 4 is 29.1 Å². The molecule has 1 aliphatic rings. The molecule has 1 fully saturated rings. The molecule has 0 radical (unpaired) electrons. The van der Waals surface area contributed by atoms with Crippen LogP contribution in [0.4, 0.5) is 5.69 Å². The molecule has 0 aliphatic heterocycles. The van der Waals surface area contributed by atoms with Gasteiger partial charge in [0.15, 0.2) is 0 Å². The van der Waals surface area contributed by atoms with Crippen LogP contribution in [0, 0.1) is 16.0 Å². The Balaban J connectivity index is 2.00. The fraction of sp³-hybridized carbons (Fsp3) is 0.579. The second kappa shape index (κ2) is 9.34. The van der Waals surface area contributed by atoms with E-state index in [1.54, 1.807) is 0 Å². The number of carbonyl (C=O) groups excluding carboxylic acids is 2. The van der Waals surface area contributed by atoms with Gasteiger partial charge in [-0.15, -0.1) is 0 Å². The van der Waals surface area contributed by atoms with E-state index in [9.17, 15) is 19.7 Å². The maximum atomic E-state index is 12.6. The van der Waals surface area contributed by atoms with Crippen LogP contribution in [0.1, 0.15) is 44.0 Å². The zero-order chi connectivity index (χ0) is 21.0. The van der Waals surface area contributed by atoms with Gasteiger partial charge in [-0.3, -0.25) is 24.6 Å². The molecule has 1 aliphatic carbocycles. The van der Waals surface area contributed by atoms with Crippen LogP contribution in [0.25, 0.3) is 0 Å². The number of rotatable bonds is 9. The van der Waals surface area contributed by atoms with Gasteiger partial charge in [-0.2, -0.15) is 0 Å². The van der Waals surface area contributed by atoms with E-state index >= 15 is 0 Å². The van der Waals surface area contributed by atoms with Crippen molar-refractivity contribution in [2.45, 2.75) is 51.7 Å². The molecule has 1 aromatic carbocycles. The highest BCUT2D eigenvalue weighted by Gasteiger charge is 2.30. The van der Waals surface area contributed by atoms with Crippen molar-refractivity contribution in [3.63, 3.8) is 0 Å². The van der Waals surface area contributed by atoms with Crippen molar-refractivity contribution in [3.8, 4) is 0 Å². The topological polar surface area (TPSA) is 105 Å². The standard InChI is InChI=1S/C19H27ClN4O4/c1-11(2)17(19(26)21-10-12(3)23(4)13-5-6-13)22-18(25)15-8-7-14(24(27)28)9-16(15)20/h7-9,11-13,17H,5-6,10H2,1-4H3,(H,21,26)(H,22,25). The van der Waals surface area contributed by atoms with E-state index in [4.69, 9.17) is 11.6 Å². The summed E-state index contributed by atoms with van der Waals surface area (Å²) < 4.78 is 0. The molecule has 0 spiro atoms. The van der Waals surface area contributed by atoms with Crippen LogP contribution in [0.5, 0.6) is 0 Å². The van der Waals surface area contributed by atoms with Crippen LogP contribution in [-0.4, -0.2) is 53.4 Å². The lowest BCUT2D eigenvalue weighted by atomic mass is 10.0. The third kappa shape index (κ3) is 5.65. The summed E-state index contributed by atoms with van der Waals surface area (Å²) in [6.45, 7) is 6.21. The number of nitrogens with one attached hydrogen (secondary N) is 2. The summed E-state index contributed by atoms with van der Waals surface area (Å²) >= 11 is 6.01. The number of amides is 2. The molecule has 2 atom stereocenters. The van der Waals surface area contributed by atoms with E-state index in [0.717, 1.165) is 6.07 Å². The van der Waals surface area contributed by atoms with Crippen LogP contribution >= 0.6 is 11.6 Å². The molecule has 2 unspecified atom stereocenters. The van der Waals surface area contributed by atoms with Gasteiger partial charge in [-0.1, -0.05) is 25.4 Å². The van der Waals surface area contributed by atoms with Crippen molar-refractivity contribution < 1.29 is 14.5 Å². The van der Waals surface area contributed by atoms with E-state index in [-0.39, 0.29) is 34.1 Å². The van der Waals surface area contributed by atoms with Gasteiger partial charge in [0.1, 0.15) is 6.04 Å². The Kier molecular flexibility index (Phi) is 7.37. The average molecular weight is 411 g/mol. The summed E-state index contributed by atoms with van der Waals surface area (Å²) in [4.78, 5) is 37.6. The molecule has 8 nitrogen and oxygen atoms in total. The smallest absolute Gasteiger partial charge is 0.270 e. The number of benzene rings is 1. The predicted molar refractivity (Wildman–Crippen MR) is 107 cm³/mol. The number of nitro groups is 1. The van der Waals surface area contributed by atoms with Gasteiger partial charge in [0.2, 0.25) is 5.91 Å². The third-order valence-electron chi connectivity index (χ3n) is 5.03. The molecule has 9 heteroatoms. The number of nitrogens with zero attached hydrogens (tertiary/aromatic N) is 2. The van der Waals surface area contributed by atoms with Crippen molar-refractivity contribution in [2.24, 2.45) is 5.92 Å². The van der Waals surface area contributed by atoms with Gasteiger partial charge in [0.25, 0.3) is 11.6 Å². The predicted octanol–water partition coefficient (Wildman–Crippen LogP) is 2.60. The summed E-state index contributed by atoms with van der Waals surface area (Å²) in [6, 6.07) is 3.67. The first-order chi connectivity index (χ1) is 13.1. The van der Waals surface area contributed by atoms with Crippen LogP contribution in [0.3, 0.4) is 0 Å². The lowest BCUT2D eigenvalue weighted by Gasteiger charge is -2.27. The van der Waals surface area contributed by atoms with Crippen molar-refractivity contribution in [1.29, 1.82) is 0 Å². The minimum atomic E-state index is -0.739. The molecule has 0 saturated heterocycles. The molecular formula is C19H27ClN4O4. The summed E-state index contributed by atoms with van der Waals surface area (Å²) in [5.41, 5.74) is -0.110. The molecule has 0 heterocycles. The third-order valence-corrected chi connectivity index (χ3v) is 5.35. The number of hydrogen-bond donors (Lipinski definition) is 2. The zero-order valence-electron chi connectivity index (χ0n) is 16.6. The number of halogens is 1. The Morgan fingerprint density at radius 3 is 2.46 bits per heavy atom. The van der Waals surface area contributed by atoms with E-state index in [1.807, 2.05) is 20.9 Å². The lowest BCUT2D eigenvalue weighted by Crippen LogP contribution is -2.52. The molecule has 28 heavy (non-hydrogen) atoms. The summed E-state index contributed by atoms with van der Waals surface area (Å²) in [7, 11) is 2.05. The molecule has 1 aromatic rings. The SMILES string of the molecule is CC(C)C(NC(=O)c1ccc([N+](=O)[O-])cc1Cl)C(=O)NCC(C)N(C)C1CC1. The molecule has 1 saturated carbocycles. The number of likely N-dealkylation sites (N-methyl/N-ethyl adjacent to an activating group) is 1. The zero-order valence-corrected chi connectivity index (χ0v) is 17.3. The number of carbonyl (C=O) groups is 2. The van der Waals surface area contributed by atoms with Gasteiger partial charge >= 0.3 is 0 Å². The number of hydrogen-bond acceptors (Lipinski definition) is 5. The molecule has 2 amide bonds. The summed E-state index contributed by atoms with van der Waals surface area (Å²) in [5.74, 6) is -0.952. The lowest BCUT2D eigenvalue weighted by molar-refractivity contribution is -0.384. The Labute approximate surface area is 169 Å². The second-order valence-electron chi connectivity index (χ2n) is 7.61. The van der Waals surface area contributed by atoms with Crippen molar-refractivity contribution in [3.05, 3.63) is 38.9 Å². The Bertz CT molecular complexity index is 751. The Morgan fingerprint density at radius 1 is 1.32 bits per heavy atom. The highest BCUT2D eigenvalue weighted by atomic mass is 35.5. The summed E-state index contributed by atoms with van der Waals surface area (Å²) in [6.07, 6.45) is 2.38. The fourth-order valence-electron chi connectivity index (χ4n) is 2.90. The molecule has 0 bridgehead atoms. The summed E-state index contributed by atoms with van der Waals surface area (Å²) in [5, 5.41) is 16.4. The number of nitro benzene ring substituents is 1. The van der Waals surface area contributed by atoms with Crippen LogP contribution in [0.15, 0.2) is 18.2 Å². The molecular weight excluding hydrogens is 384 g/mol. The minimum Gasteiger partial charge on any atom is -0.353 e. The van der Waals surface area contributed by atoms with E-state index in [2.05, 4.69) is 22.5 Å². The van der Waals surface area contributed by atoms with Crippen molar-refractivity contribution in [2.75, 3.05) is 13.6 Å². The largest absolute Gasteiger partial charge is 0.353 e. The van der Waals surface area contributed by atoms with Crippen LogP contribution in [-0.2, 0) is 4.79 Å². The monoisotopic (exact) mass is 410 g/mol. The van der Waals surface area contributed by atoms with Gasteiger partial charge in [0, 0.05) is 30.8 Å². The highest BCUT2D eigenvalue weighted by molar-refractivity contribution is 6.34. The molecule has 2 rings (SSSR count). The highest BCUT2D eigenvalue weighted by Crippen LogP contribution is 2.26. The quantitative estimate of drug-likeness (QED) is 0.481. The van der Waals surface area contributed by atoms with Crippen LogP contribution < -0.4 is 10.6 Å². The fourth-order valence-corrected chi connectivity index (χ4v) is 3.16. The first-order valence-corrected chi connectivity index (χ1v) is 9.74. The molecule has 154 valence electrons.